The standard InChI is InChI=1S/C11H14FNO/c12-8-4-5-10(14)9(6-8)11(13)7-2-1-3-7/h4-7,11,14H,1-3,13H2/t11-/m1/s1. The largest absolute Gasteiger partial charge is 0.508 e. The molecule has 0 amide bonds. The highest BCUT2D eigenvalue weighted by atomic mass is 19.1. The van der Waals surface area contributed by atoms with Crippen molar-refractivity contribution in [3.05, 3.63) is 29.6 Å². The molecule has 1 aromatic carbocycles. The molecule has 2 nitrogen and oxygen atoms in total. The van der Waals surface area contributed by atoms with E-state index in [0.29, 0.717) is 11.5 Å². The van der Waals surface area contributed by atoms with Gasteiger partial charge in [0, 0.05) is 11.6 Å². The molecule has 2 rings (SSSR count). The first-order valence-corrected chi connectivity index (χ1v) is 4.92. The van der Waals surface area contributed by atoms with Gasteiger partial charge in [-0.15, -0.1) is 0 Å². The monoisotopic (exact) mass is 195 g/mol. The van der Waals surface area contributed by atoms with Crippen LogP contribution in [0.15, 0.2) is 18.2 Å². The Balaban J connectivity index is 2.24. The van der Waals surface area contributed by atoms with E-state index >= 15 is 0 Å². The SMILES string of the molecule is N[C@@H](c1cc(F)ccc1O)C1CCC1. The first kappa shape index (κ1) is 9.46. The maximum Gasteiger partial charge on any atom is 0.123 e. The Kier molecular flexibility index (Phi) is 2.42. The van der Waals surface area contributed by atoms with Crippen LogP contribution in [0.25, 0.3) is 0 Å². The molecule has 0 radical (unpaired) electrons. The van der Waals surface area contributed by atoms with Gasteiger partial charge in [-0.3, -0.25) is 0 Å². The summed E-state index contributed by atoms with van der Waals surface area (Å²) in [6.45, 7) is 0. The second-order valence-corrected chi connectivity index (χ2v) is 3.92. The number of nitrogens with two attached hydrogens (primary N) is 1. The molecule has 0 heterocycles. The van der Waals surface area contributed by atoms with Gasteiger partial charge in [0.05, 0.1) is 0 Å². The minimum atomic E-state index is -0.340. The summed E-state index contributed by atoms with van der Waals surface area (Å²) < 4.78 is 12.9. The summed E-state index contributed by atoms with van der Waals surface area (Å²) in [5.41, 5.74) is 6.48. The lowest BCUT2D eigenvalue weighted by molar-refractivity contribution is 0.260. The molecule has 3 N–H and O–H groups in total. The van der Waals surface area contributed by atoms with Crippen LogP contribution in [0.3, 0.4) is 0 Å². The van der Waals surface area contributed by atoms with Crippen LogP contribution in [0.2, 0.25) is 0 Å². The van der Waals surface area contributed by atoms with Crippen LogP contribution in [0, 0.1) is 11.7 Å². The van der Waals surface area contributed by atoms with Crippen molar-refractivity contribution in [2.45, 2.75) is 25.3 Å². The fourth-order valence-electron chi connectivity index (χ4n) is 1.85. The molecule has 0 spiro atoms. The molecule has 76 valence electrons. The van der Waals surface area contributed by atoms with Gasteiger partial charge in [-0.05, 0) is 37.0 Å². The molecule has 1 atom stereocenters. The molecule has 1 saturated carbocycles. The van der Waals surface area contributed by atoms with Crippen LogP contribution >= 0.6 is 0 Å². The maximum absolute atomic E-state index is 12.9. The van der Waals surface area contributed by atoms with E-state index in [1.165, 1.54) is 24.6 Å². The average Bonchev–Trinajstić information content (AvgIpc) is 2.06. The average molecular weight is 195 g/mol. The fraction of sp³-hybridized carbons (Fsp3) is 0.455. The highest BCUT2D eigenvalue weighted by Gasteiger charge is 2.27. The van der Waals surface area contributed by atoms with Crippen molar-refractivity contribution in [1.82, 2.24) is 0 Å². The molecule has 0 unspecified atom stereocenters. The van der Waals surface area contributed by atoms with Crippen molar-refractivity contribution >= 4 is 0 Å². The zero-order valence-corrected chi connectivity index (χ0v) is 7.91. The molecule has 1 fully saturated rings. The third-order valence-corrected chi connectivity index (χ3v) is 3.01. The van der Waals surface area contributed by atoms with Crippen molar-refractivity contribution in [1.29, 1.82) is 0 Å². The van der Waals surface area contributed by atoms with E-state index in [2.05, 4.69) is 0 Å². The molecular formula is C11H14FNO. The van der Waals surface area contributed by atoms with E-state index in [4.69, 9.17) is 5.73 Å². The molecule has 0 bridgehead atoms. The van der Waals surface area contributed by atoms with Crippen LogP contribution in [0.1, 0.15) is 30.9 Å². The van der Waals surface area contributed by atoms with Gasteiger partial charge >= 0.3 is 0 Å². The van der Waals surface area contributed by atoms with Crippen molar-refractivity contribution in [3.8, 4) is 5.75 Å². The quantitative estimate of drug-likeness (QED) is 0.760. The van der Waals surface area contributed by atoms with Crippen molar-refractivity contribution < 1.29 is 9.50 Å². The van der Waals surface area contributed by atoms with Crippen LogP contribution in [0.5, 0.6) is 5.75 Å². The van der Waals surface area contributed by atoms with Crippen LogP contribution in [0.4, 0.5) is 4.39 Å². The number of benzene rings is 1. The third kappa shape index (κ3) is 1.60. The zero-order chi connectivity index (χ0) is 10.1. The first-order valence-electron chi connectivity index (χ1n) is 4.92. The predicted octanol–water partition coefficient (Wildman–Crippen LogP) is 2.33. The number of hydrogen-bond acceptors (Lipinski definition) is 2. The van der Waals surface area contributed by atoms with E-state index in [1.54, 1.807) is 0 Å². The van der Waals surface area contributed by atoms with Gasteiger partial charge in [-0.2, -0.15) is 0 Å². The van der Waals surface area contributed by atoms with Crippen LogP contribution < -0.4 is 5.73 Å². The topological polar surface area (TPSA) is 46.2 Å². The van der Waals surface area contributed by atoms with Gasteiger partial charge in [0.1, 0.15) is 11.6 Å². The molecule has 1 aliphatic rings. The Labute approximate surface area is 82.5 Å². The Morgan fingerprint density at radius 3 is 2.71 bits per heavy atom. The second-order valence-electron chi connectivity index (χ2n) is 3.92. The highest BCUT2D eigenvalue weighted by Crippen LogP contribution is 2.38. The minimum absolute atomic E-state index is 0.103. The Morgan fingerprint density at radius 2 is 2.14 bits per heavy atom. The van der Waals surface area contributed by atoms with Crippen LogP contribution in [-0.2, 0) is 0 Å². The predicted molar refractivity (Wildman–Crippen MR) is 52.3 cm³/mol. The molecule has 0 saturated heterocycles. The van der Waals surface area contributed by atoms with Crippen LogP contribution in [-0.4, -0.2) is 5.11 Å². The number of halogens is 1. The Hall–Kier alpha value is -1.09. The number of rotatable bonds is 2. The minimum Gasteiger partial charge on any atom is -0.508 e. The van der Waals surface area contributed by atoms with Gasteiger partial charge in [0.2, 0.25) is 0 Å². The Bertz CT molecular complexity index is 336. The van der Waals surface area contributed by atoms with E-state index in [0.717, 1.165) is 12.8 Å². The van der Waals surface area contributed by atoms with Crippen molar-refractivity contribution in [2.24, 2.45) is 11.7 Å². The molecule has 0 aromatic heterocycles. The maximum atomic E-state index is 12.9. The van der Waals surface area contributed by atoms with E-state index in [9.17, 15) is 9.50 Å². The van der Waals surface area contributed by atoms with Gasteiger partial charge in [0.25, 0.3) is 0 Å². The third-order valence-electron chi connectivity index (χ3n) is 3.01. The summed E-state index contributed by atoms with van der Waals surface area (Å²) in [6, 6.07) is 3.72. The van der Waals surface area contributed by atoms with Crippen molar-refractivity contribution in [2.75, 3.05) is 0 Å². The summed E-state index contributed by atoms with van der Waals surface area (Å²) in [5.74, 6) is 0.168. The van der Waals surface area contributed by atoms with E-state index in [-0.39, 0.29) is 17.6 Å². The lowest BCUT2D eigenvalue weighted by Gasteiger charge is -2.31. The summed E-state index contributed by atoms with van der Waals surface area (Å²) >= 11 is 0. The smallest absolute Gasteiger partial charge is 0.123 e. The summed E-state index contributed by atoms with van der Waals surface area (Å²) in [7, 11) is 0. The lowest BCUT2D eigenvalue weighted by Crippen LogP contribution is -2.26. The lowest BCUT2D eigenvalue weighted by atomic mass is 9.77. The molecule has 1 aromatic rings. The second kappa shape index (κ2) is 3.58. The normalized spacial score (nSPS) is 19.0. The summed E-state index contributed by atoms with van der Waals surface area (Å²) in [4.78, 5) is 0. The fourth-order valence-corrected chi connectivity index (χ4v) is 1.85. The van der Waals surface area contributed by atoms with E-state index in [1.807, 2.05) is 0 Å². The molecule has 3 heteroatoms. The molecule has 1 aliphatic carbocycles. The van der Waals surface area contributed by atoms with Crippen molar-refractivity contribution in [3.63, 3.8) is 0 Å². The van der Waals surface area contributed by atoms with Gasteiger partial charge in [0.15, 0.2) is 0 Å². The van der Waals surface area contributed by atoms with E-state index < -0.39 is 0 Å². The summed E-state index contributed by atoms with van der Waals surface area (Å²) in [5, 5.41) is 9.53. The molecule has 14 heavy (non-hydrogen) atoms. The van der Waals surface area contributed by atoms with Gasteiger partial charge < -0.3 is 10.8 Å². The molecule has 0 aliphatic heterocycles. The molecular weight excluding hydrogens is 181 g/mol. The van der Waals surface area contributed by atoms with Gasteiger partial charge in [-0.1, -0.05) is 6.42 Å². The number of aromatic hydroxyl groups is 1. The highest BCUT2D eigenvalue weighted by molar-refractivity contribution is 5.35. The van der Waals surface area contributed by atoms with Gasteiger partial charge in [-0.25, -0.2) is 4.39 Å². The number of hydrogen-bond donors (Lipinski definition) is 2. The zero-order valence-electron chi connectivity index (χ0n) is 7.91. The number of phenolic OH excluding ortho intramolecular Hbond substituents is 1. The first-order chi connectivity index (χ1) is 6.68. The number of phenols is 1. The summed E-state index contributed by atoms with van der Waals surface area (Å²) in [6.07, 6.45) is 3.35. The Morgan fingerprint density at radius 1 is 1.43 bits per heavy atom.